The number of unbranched alkanes of at least 4 members (excludes halogenated alkanes) is 1. The number of nitrogens with zero attached hydrogens (tertiary/aromatic N) is 2. The van der Waals surface area contributed by atoms with Crippen molar-refractivity contribution in [1.29, 1.82) is 0 Å². The first-order valence-electron chi connectivity index (χ1n) is 13.1. The van der Waals surface area contributed by atoms with Crippen molar-refractivity contribution in [1.82, 2.24) is 14.5 Å². The molecule has 1 fully saturated rings. The molecule has 0 aliphatic carbocycles. The third-order valence-electron chi connectivity index (χ3n) is 7.78. The molecule has 0 amide bonds. The highest BCUT2D eigenvalue weighted by Gasteiger charge is 2.29. The standard InChI is InChI=1S/C31H28FN3O3S/c1-4-6-8-21-15-26-28(16-25(21)20-9-7-10-23(14-20)39(32,37)38)35(22-17-34(3)18-22)31-29(30(26)36)24-12-11-19(5-2)13-27(24)33-31/h2,7,9-16,22,33H,4,6,8,17-18H2,1,3H3. The van der Waals surface area contributed by atoms with Crippen LogP contribution in [0, 0.1) is 12.3 Å². The summed E-state index contributed by atoms with van der Waals surface area (Å²) in [5.74, 6) is 2.66. The summed E-state index contributed by atoms with van der Waals surface area (Å²) in [5, 5.41) is 2.08. The zero-order valence-electron chi connectivity index (χ0n) is 21.8. The minimum absolute atomic E-state index is 0.0620. The molecular formula is C31H28FN3O3S. The summed E-state index contributed by atoms with van der Waals surface area (Å²) in [7, 11) is -2.81. The first kappa shape index (κ1) is 25.4. The maximum atomic E-state index is 14.1. The zero-order chi connectivity index (χ0) is 27.5. The van der Waals surface area contributed by atoms with Gasteiger partial charge in [0.25, 0.3) is 0 Å². The van der Waals surface area contributed by atoms with Crippen LogP contribution in [0.25, 0.3) is 44.0 Å². The van der Waals surface area contributed by atoms with E-state index in [0.717, 1.165) is 64.7 Å². The molecule has 2 aromatic heterocycles. The summed E-state index contributed by atoms with van der Waals surface area (Å²) in [5.41, 5.74) is 5.30. The third kappa shape index (κ3) is 4.22. The topological polar surface area (TPSA) is 75.2 Å². The van der Waals surface area contributed by atoms with E-state index in [1.54, 1.807) is 12.1 Å². The number of rotatable bonds is 6. The zero-order valence-corrected chi connectivity index (χ0v) is 22.6. The maximum absolute atomic E-state index is 14.1. The molecule has 8 heteroatoms. The van der Waals surface area contributed by atoms with Gasteiger partial charge in [-0.15, -0.1) is 10.3 Å². The molecule has 6 rings (SSSR count). The molecule has 0 radical (unpaired) electrons. The van der Waals surface area contributed by atoms with Gasteiger partial charge in [-0.1, -0.05) is 37.5 Å². The summed E-state index contributed by atoms with van der Waals surface area (Å²) >= 11 is 0. The van der Waals surface area contributed by atoms with Crippen LogP contribution in [-0.2, 0) is 16.6 Å². The minimum atomic E-state index is -4.86. The molecule has 1 aliphatic rings. The van der Waals surface area contributed by atoms with Gasteiger partial charge in [-0.25, -0.2) is 0 Å². The molecule has 0 saturated carbocycles. The molecule has 0 unspecified atom stereocenters. The van der Waals surface area contributed by atoms with Crippen LogP contribution in [0.4, 0.5) is 3.89 Å². The Bertz CT molecular complexity index is 1990. The smallest absolute Gasteiger partial charge is 0.332 e. The van der Waals surface area contributed by atoms with Crippen molar-refractivity contribution in [3.05, 3.63) is 75.9 Å². The van der Waals surface area contributed by atoms with E-state index in [-0.39, 0.29) is 16.4 Å². The Balaban J connectivity index is 1.72. The number of nitrogens with one attached hydrogen (secondary N) is 1. The van der Waals surface area contributed by atoms with E-state index >= 15 is 0 Å². The lowest BCUT2D eigenvalue weighted by Gasteiger charge is -2.39. The van der Waals surface area contributed by atoms with Crippen molar-refractivity contribution in [3.8, 4) is 23.5 Å². The Hall–Kier alpha value is -3.93. The van der Waals surface area contributed by atoms with Crippen molar-refractivity contribution in [2.24, 2.45) is 0 Å². The van der Waals surface area contributed by atoms with Crippen LogP contribution in [0.2, 0.25) is 0 Å². The second-order valence-electron chi connectivity index (χ2n) is 10.4. The Morgan fingerprint density at radius 2 is 1.90 bits per heavy atom. The number of hydrogen-bond donors (Lipinski definition) is 1. The monoisotopic (exact) mass is 541 g/mol. The summed E-state index contributed by atoms with van der Waals surface area (Å²) in [6, 6.07) is 15.7. The number of aromatic amines is 1. The number of hydrogen-bond acceptors (Lipinski definition) is 4. The lowest BCUT2D eigenvalue weighted by Crippen LogP contribution is -2.45. The van der Waals surface area contributed by atoms with Gasteiger partial charge in [-0.05, 0) is 73.0 Å². The highest BCUT2D eigenvalue weighted by Crippen LogP contribution is 2.36. The second kappa shape index (κ2) is 9.37. The maximum Gasteiger partial charge on any atom is 0.332 e. The van der Waals surface area contributed by atoms with Crippen molar-refractivity contribution < 1.29 is 12.3 Å². The van der Waals surface area contributed by atoms with Gasteiger partial charge in [0.1, 0.15) is 5.65 Å². The minimum Gasteiger partial charge on any atom is -0.340 e. The van der Waals surface area contributed by atoms with E-state index in [1.807, 2.05) is 30.3 Å². The number of fused-ring (bicyclic) bond motifs is 4. The van der Waals surface area contributed by atoms with Gasteiger partial charge < -0.3 is 14.5 Å². The van der Waals surface area contributed by atoms with Crippen LogP contribution in [-0.4, -0.2) is 43.0 Å². The number of aromatic nitrogens is 2. The quantitative estimate of drug-likeness (QED) is 0.219. The van der Waals surface area contributed by atoms with Crippen LogP contribution in [0.1, 0.15) is 36.9 Å². The fourth-order valence-electron chi connectivity index (χ4n) is 5.82. The van der Waals surface area contributed by atoms with Gasteiger partial charge in [0.05, 0.1) is 21.8 Å². The molecule has 1 N–H and O–H groups in total. The summed E-state index contributed by atoms with van der Waals surface area (Å²) < 4.78 is 39.5. The molecule has 0 bridgehead atoms. The Kier molecular flexibility index (Phi) is 6.09. The van der Waals surface area contributed by atoms with Crippen LogP contribution < -0.4 is 5.43 Å². The van der Waals surface area contributed by atoms with Crippen LogP contribution in [0.5, 0.6) is 0 Å². The van der Waals surface area contributed by atoms with Gasteiger partial charge in [-0.2, -0.15) is 8.42 Å². The highest BCUT2D eigenvalue weighted by molar-refractivity contribution is 7.86. The lowest BCUT2D eigenvalue weighted by molar-refractivity contribution is 0.146. The van der Waals surface area contributed by atoms with E-state index in [1.165, 1.54) is 12.1 Å². The average Bonchev–Trinajstić information content (AvgIpc) is 3.28. The largest absolute Gasteiger partial charge is 0.340 e. The van der Waals surface area contributed by atoms with Gasteiger partial charge >= 0.3 is 10.2 Å². The van der Waals surface area contributed by atoms with E-state index in [9.17, 15) is 17.1 Å². The fraction of sp³-hybridized carbons (Fsp3) is 0.258. The summed E-state index contributed by atoms with van der Waals surface area (Å²) in [6.45, 7) is 3.73. The number of likely N-dealkylation sites (tertiary alicyclic amines) is 1. The molecule has 6 nitrogen and oxygen atoms in total. The molecule has 0 spiro atoms. The first-order valence-corrected chi connectivity index (χ1v) is 14.4. The van der Waals surface area contributed by atoms with E-state index in [0.29, 0.717) is 22.8 Å². The number of pyridine rings is 1. The number of H-pyrrole nitrogens is 1. The molecule has 3 heterocycles. The van der Waals surface area contributed by atoms with E-state index < -0.39 is 10.2 Å². The van der Waals surface area contributed by atoms with Crippen LogP contribution in [0.3, 0.4) is 0 Å². The summed E-state index contributed by atoms with van der Waals surface area (Å²) in [6.07, 6.45) is 8.19. The van der Waals surface area contributed by atoms with Gasteiger partial charge in [0.2, 0.25) is 0 Å². The normalized spacial score (nSPS) is 14.7. The number of benzene rings is 3. The molecule has 3 aromatic carbocycles. The highest BCUT2D eigenvalue weighted by atomic mass is 32.3. The molecule has 1 aliphatic heterocycles. The lowest BCUT2D eigenvalue weighted by atomic mass is 9.93. The number of likely N-dealkylation sites (N-methyl/N-ethyl adjacent to an activating group) is 1. The molecule has 1 saturated heterocycles. The SMILES string of the molecule is C#Cc1ccc2c(c1)[nH]c1c2c(=O)c2cc(CCCC)c(-c3cccc(S(=O)(=O)F)c3)cc2n1C1CN(C)C1. The number of terminal acetylenes is 1. The molecule has 39 heavy (non-hydrogen) atoms. The predicted octanol–water partition coefficient (Wildman–Crippen LogP) is 5.77. The van der Waals surface area contributed by atoms with Crippen LogP contribution >= 0.6 is 0 Å². The van der Waals surface area contributed by atoms with Gasteiger partial charge in [0, 0.05) is 34.9 Å². The van der Waals surface area contributed by atoms with Crippen LogP contribution in [0.15, 0.2) is 64.3 Å². The summed E-state index contributed by atoms with van der Waals surface area (Å²) in [4.78, 5) is 19.4. The van der Waals surface area contributed by atoms with Gasteiger partial charge in [0.15, 0.2) is 5.43 Å². The number of halogens is 1. The van der Waals surface area contributed by atoms with E-state index in [2.05, 4.69) is 34.3 Å². The molecule has 0 atom stereocenters. The van der Waals surface area contributed by atoms with Crippen molar-refractivity contribution in [2.75, 3.05) is 20.1 Å². The molecular weight excluding hydrogens is 513 g/mol. The first-order chi connectivity index (χ1) is 18.7. The van der Waals surface area contributed by atoms with E-state index in [4.69, 9.17) is 6.42 Å². The predicted molar refractivity (Wildman–Crippen MR) is 154 cm³/mol. The Morgan fingerprint density at radius 3 is 2.59 bits per heavy atom. The third-order valence-corrected chi connectivity index (χ3v) is 8.59. The Labute approximate surface area is 226 Å². The second-order valence-corrected chi connectivity index (χ2v) is 11.8. The van der Waals surface area contributed by atoms with Crippen molar-refractivity contribution >= 4 is 43.1 Å². The number of aryl methyl sites for hydroxylation is 1. The Morgan fingerprint density at radius 1 is 1.10 bits per heavy atom. The molecule has 198 valence electrons. The van der Waals surface area contributed by atoms with Gasteiger partial charge in [-0.3, -0.25) is 4.79 Å². The average molecular weight is 542 g/mol. The fourth-order valence-corrected chi connectivity index (χ4v) is 6.33. The van der Waals surface area contributed by atoms with Crippen molar-refractivity contribution in [2.45, 2.75) is 37.1 Å². The molecule has 5 aromatic rings. The van der Waals surface area contributed by atoms with Crippen molar-refractivity contribution in [3.63, 3.8) is 0 Å².